The van der Waals surface area contributed by atoms with Crippen molar-refractivity contribution < 1.29 is 9.53 Å². The highest BCUT2D eigenvalue weighted by Gasteiger charge is 1.95. The van der Waals surface area contributed by atoms with Gasteiger partial charge in [-0.05, 0) is 19.3 Å². The average Bonchev–Trinajstić information content (AvgIpc) is 1.79. The summed E-state index contributed by atoms with van der Waals surface area (Å²) in [5.41, 5.74) is 0. The summed E-state index contributed by atoms with van der Waals surface area (Å²) in [6.45, 7) is 6.79. The van der Waals surface area contributed by atoms with Crippen LogP contribution in [0.2, 0.25) is 0 Å². The molecule has 0 N–H and O–H groups in total. The lowest BCUT2D eigenvalue weighted by molar-refractivity contribution is -0.121. The van der Waals surface area contributed by atoms with Crippen LogP contribution in [0.3, 0.4) is 0 Å². The molecule has 2 nitrogen and oxygen atoms in total. The van der Waals surface area contributed by atoms with E-state index in [9.17, 15) is 4.79 Å². The average molecular weight is 144 g/mol. The molecule has 0 saturated carbocycles. The van der Waals surface area contributed by atoms with Gasteiger partial charge in [0.1, 0.15) is 6.61 Å². The number of hydrogen-bond donors (Lipinski definition) is 0. The number of Topliss-reactive ketones (excluding diaryl/α,β-unsaturated/α-hetero) is 1. The third-order valence-electron chi connectivity index (χ3n) is 1.14. The summed E-state index contributed by atoms with van der Waals surface area (Å²) < 4.78 is 5.06. The molecule has 10 heavy (non-hydrogen) atoms. The van der Waals surface area contributed by atoms with Crippen molar-refractivity contribution in [2.75, 3.05) is 13.2 Å². The van der Waals surface area contributed by atoms with Gasteiger partial charge < -0.3 is 4.74 Å². The third kappa shape index (κ3) is 7.63. The minimum Gasteiger partial charge on any atom is -0.374 e. The highest BCUT2D eigenvalue weighted by Crippen LogP contribution is 1.98. The van der Waals surface area contributed by atoms with Crippen LogP contribution in [0.4, 0.5) is 0 Å². The van der Waals surface area contributed by atoms with E-state index in [1.165, 1.54) is 6.92 Å². The number of rotatable bonds is 5. The Morgan fingerprint density at radius 1 is 1.50 bits per heavy atom. The quantitative estimate of drug-likeness (QED) is 0.548. The summed E-state index contributed by atoms with van der Waals surface area (Å²) in [4.78, 5) is 10.4. The molecule has 0 radical (unpaired) electrons. The van der Waals surface area contributed by atoms with E-state index in [0.29, 0.717) is 12.5 Å². The molecule has 0 saturated heterocycles. The van der Waals surface area contributed by atoms with Gasteiger partial charge in [0.15, 0.2) is 5.78 Å². The lowest BCUT2D eigenvalue weighted by Gasteiger charge is -2.03. The SMILES string of the molecule is CC(=O)COCCC(C)C. The molecule has 0 spiro atoms. The minimum atomic E-state index is 0.101. The lowest BCUT2D eigenvalue weighted by atomic mass is 10.1. The normalized spacial score (nSPS) is 10.4. The van der Waals surface area contributed by atoms with Crippen LogP contribution >= 0.6 is 0 Å². The van der Waals surface area contributed by atoms with Crippen LogP contribution in [0.25, 0.3) is 0 Å². The van der Waals surface area contributed by atoms with Crippen LogP contribution in [0.15, 0.2) is 0 Å². The van der Waals surface area contributed by atoms with Gasteiger partial charge in [0.25, 0.3) is 0 Å². The molecule has 0 aliphatic rings. The van der Waals surface area contributed by atoms with E-state index < -0.39 is 0 Å². The van der Waals surface area contributed by atoms with Gasteiger partial charge in [-0.25, -0.2) is 0 Å². The maximum Gasteiger partial charge on any atom is 0.155 e. The van der Waals surface area contributed by atoms with E-state index in [0.717, 1.165) is 6.42 Å². The Morgan fingerprint density at radius 2 is 2.10 bits per heavy atom. The molecule has 0 bridgehead atoms. The summed E-state index contributed by atoms with van der Waals surface area (Å²) in [5, 5.41) is 0. The highest BCUT2D eigenvalue weighted by molar-refractivity contribution is 5.76. The second-order valence-electron chi connectivity index (χ2n) is 2.94. The molecular formula is C8H16O2. The van der Waals surface area contributed by atoms with Crippen LogP contribution in [-0.4, -0.2) is 19.0 Å². The van der Waals surface area contributed by atoms with Crippen LogP contribution < -0.4 is 0 Å². The Kier molecular flexibility index (Phi) is 5.22. The second-order valence-corrected chi connectivity index (χ2v) is 2.94. The number of ether oxygens (including phenoxy) is 1. The zero-order valence-electron chi connectivity index (χ0n) is 7.02. The fourth-order valence-corrected chi connectivity index (χ4v) is 0.535. The molecule has 0 atom stereocenters. The zero-order valence-corrected chi connectivity index (χ0v) is 7.02. The van der Waals surface area contributed by atoms with Gasteiger partial charge >= 0.3 is 0 Å². The molecule has 0 aliphatic heterocycles. The van der Waals surface area contributed by atoms with E-state index in [1.54, 1.807) is 0 Å². The molecule has 0 unspecified atom stereocenters. The fourth-order valence-electron chi connectivity index (χ4n) is 0.535. The van der Waals surface area contributed by atoms with Gasteiger partial charge in [-0.3, -0.25) is 4.79 Å². The van der Waals surface area contributed by atoms with Gasteiger partial charge in [-0.15, -0.1) is 0 Å². The Hall–Kier alpha value is -0.370. The fraction of sp³-hybridized carbons (Fsp3) is 0.875. The first-order valence-corrected chi connectivity index (χ1v) is 3.70. The van der Waals surface area contributed by atoms with Gasteiger partial charge in [-0.2, -0.15) is 0 Å². The summed E-state index contributed by atoms with van der Waals surface area (Å²) in [6, 6.07) is 0. The molecule has 0 amide bonds. The first-order chi connectivity index (χ1) is 4.63. The molecule has 0 fully saturated rings. The summed E-state index contributed by atoms with van der Waals surface area (Å²) in [6.07, 6.45) is 1.04. The number of ketones is 1. The van der Waals surface area contributed by atoms with Gasteiger partial charge in [0.2, 0.25) is 0 Å². The van der Waals surface area contributed by atoms with Crippen molar-refractivity contribution in [3.63, 3.8) is 0 Å². The van der Waals surface area contributed by atoms with Gasteiger partial charge in [0, 0.05) is 6.61 Å². The molecule has 0 rings (SSSR count). The van der Waals surface area contributed by atoms with E-state index in [1.807, 2.05) is 0 Å². The first kappa shape index (κ1) is 9.63. The van der Waals surface area contributed by atoms with E-state index in [2.05, 4.69) is 13.8 Å². The third-order valence-corrected chi connectivity index (χ3v) is 1.14. The Morgan fingerprint density at radius 3 is 2.50 bits per heavy atom. The molecule has 0 aromatic carbocycles. The number of hydrogen-bond acceptors (Lipinski definition) is 2. The largest absolute Gasteiger partial charge is 0.374 e. The second kappa shape index (κ2) is 5.42. The molecule has 2 heteroatoms. The summed E-state index contributed by atoms with van der Waals surface area (Å²) in [7, 11) is 0. The van der Waals surface area contributed by atoms with E-state index in [-0.39, 0.29) is 12.4 Å². The summed E-state index contributed by atoms with van der Waals surface area (Å²) in [5.74, 6) is 0.760. The maximum atomic E-state index is 10.4. The zero-order chi connectivity index (χ0) is 7.98. The molecule has 0 heterocycles. The van der Waals surface area contributed by atoms with Crippen molar-refractivity contribution in [2.24, 2.45) is 5.92 Å². The number of carbonyl (C=O) groups excluding carboxylic acids is 1. The van der Waals surface area contributed by atoms with Crippen LogP contribution in [-0.2, 0) is 9.53 Å². The topological polar surface area (TPSA) is 26.3 Å². The molecule has 0 aromatic heterocycles. The van der Waals surface area contributed by atoms with Crippen molar-refractivity contribution in [3.8, 4) is 0 Å². The van der Waals surface area contributed by atoms with Crippen LogP contribution in [0.1, 0.15) is 27.2 Å². The molecule has 0 aromatic rings. The van der Waals surface area contributed by atoms with E-state index in [4.69, 9.17) is 4.74 Å². The van der Waals surface area contributed by atoms with E-state index >= 15 is 0 Å². The smallest absolute Gasteiger partial charge is 0.155 e. The molecular weight excluding hydrogens is 128 g/mol. The Bertz CT molecular complexity index is 97.4. The maximum absolute atomic E-state index is 10.4. The standard InChI is InChI=1S/C8H16O2/c1-7(2)4-5-10-6-8(3)9/h7H,4-6H2,1-3H3. The monoisotopic (exact) mass is 144 g/mol. The predicted octanol–water partition coefficient (Wildman–Crippen LogP) is 1.64. The minimum absolute atomic E-state index is 0.101. The van der Waals surface area contributed by atoms with Crippen LogP contribution in [0, 0.1) is 5.92 Å². The summed E-state index contributed by atoms with van der Waals surface area (Å²) >= 11 is 0. The Balaban J connectivity index is 2.98. The van der Waals surface area contributed by atoms with Crippen molar-refractivity contribution in [3.05, 3.63) is 0 Å². The predicted molar refractivity (Wildman–Crippen MR) is 41.0 cm³/mol. The van der Waals surface area contributed by atoms with Crippen LogP contribution in [0.5, 0.6) is 0 Å². The van der Waals surface area contributed by atoms with Crippen molar-refractivity contribution in [2.45, 2.75) is 27.2 Å². The Labute approximate surface area is 62.6 Å². The molecule has 60 valence electrons. The van der Waals surface area contributed by atoms with Crippen molar-refractivity contribution in [1.82, 2.24) is 0 Å². The molecule has 0 aliphatic carbocycles. The number of carbonyl (C=O) groups is 1. The lowest BCUT2D eigenvalue weighted by Crippen LogP contribution is -2.06. The van der Waals surface area contributed by atoms with Crippen molar-refractivity contribution >= 4 is 5.78 Å². The van der Waals surface area contributed by atoms with Gasteiger partial charge in [-0.1, -0.05) is 13.8 Å². The first-order valence-electron chi connectivity index (χ1n) is 3.70. The van der Waals surface area contributed by atoms with Gasteiger partial charge in [0.05, 0.1) is 0 Å². The van der Waals surface area contributed by atoms with Crippen molar-refractivity contribution in [1.29, 1.82) is 0 Å². The highest BCUT2D eigenvalue weighted by atomic mass is 16.5.